The van der Waals surface area contributed by atoms with Crippen molar-refractivity contribution in [2.45, 2.75) is 31.9 Å². The number of para-hydroxylation sites is 1. The van der Waals surface area contributed by atoms with Crippen LogP contribution in [0.1, 0.15) is 38.7 Å². The maximum absolute atomic E-state index is 13.6. The third-order valence-corrected chi connectivity index (χ3v) is 8.15. The molecule has 286 valence electrons. The summed E-state index contributed by atoms with van der Waals surface area (Å²) < 4.78 is 43.5. The van der Waals surface area contributed by atoms with Crippen molar-refractivity contribution in [1.29, 1.82) is 0 Å². The van der Waals surface area contributed by atoms with E-state index in [4.69, 9.17) is 54.0 Å². The Kier molecular flexibility index (Phi) is 14.9. The van der Waals surface area contributed by atoms with E-state index in [1.54, 1.807) is 60.7 Å². The summed E-state index contributed by atoms with van der Waals surface area (Å²) in [7, 11) is 0. The molecule has 0 unspecified atom stereocenters. The number of nitrogens with zero attached hydrogens (tertiary/aromatic N) is 1. The molecule has 0 aromatic heterocycles. The van der Waals surface area contributed by atoms with Gasteiger partial charge >= 0.3 is 12.1 Å². The van der Waals surface area contributed by atoms with Crippen molar-refractivity contribution in [2.24, 2.45) is 16.5 Å². The maximum Gasteiger partial charge on any atom is 0.490 e. The number of nitrogens with one attached hydrogen (secondary N) is 2. The Morgan fingerprint density at radius 2 is 1.31 bits per heavy atom. The van der Waals surface area contributed by atoms with Crippen LogP contribution in [0.15, 0.2) is 126 Å². The Labute approximate surface area is 323 Å². The van der Waals surface area contributed by atoms with Crippen molar-refractivity contribution >= 4 is 46.9 Å². The van der Waals surface area contributed by atoms with Crippen LogP contribution in [0.4, 0.5) is 13.2 Å². The van der Waals surface area contributed by atoms with Gasteiger partial charge < -0.3 is 36.7 Å². The van der Waals surface area contributed by atoms with Gasteiger partial charge in [0, 0.05) is 12.1 Å². The van der Waals surface area contributed by atoms with E-state index in [0.29, 0.717) is 45.0 Å². The molecule has 0 aliphatic heterocycles. The average molecular weight is 797 g/mol. The lowest BCUT2D eigenvalue weighted by atomic mass is 10.0. The summed E-state index contributed by atoms with van der Waals surface area (Å²) in [6.07, 6.45) is -5.08. The molecule has 5 rings (SSSR count). The van der Waals surface area contributed by atoms with E-state index in [1.807, 2.05) is 60.7 Å². The van der Waals surface area contributed by atoms with Crippen molar-refractivity contribution in [2.75, 3.05) is 0 Å². The number of carbonyl (C=O) groups is 3. The van der Waals surface area contributed by atoms with Gasteiger partial charge in [0.2, 0.25) is 5.91 Å². The van der Waals surface area contributed by atoms with Crippen LogP contribution in [0, 0.1) is 0 Å². The Balaban J connectivity index is 0.000000876. The van der Waals surface area contributed by atoms with E-state index in [-0.39, 0.29) is 25.0 Å². The number of rotatable bonds is 13. The van der Waals surface area contributed by atoms with E-state index < -0.39 is 24.1 Å². The van der Waals surface area contributed by atoms with Gasteiger partial charge in [-0.2, -0.15) is 13.2 Å². The number of hydrogen-bond acceptors (Lipinski definition) is 6. The molecule has 5 aromatic rings. The fourth-order valence-corrected chi connectivity index (χ4v) is 4.92. The Morgan fingerprint density at radius 3 is 1.89 bits per heavy atom. The molecular formula is C39H34Cl2F3N5O6. The number of alkyl halides is 3. The predicted molar refractivity (Wildman–Crippen MR) is 202 cm³/mol. The molecule has 7 N–H and O–H groups in total. The highest BCUT2D eigenvalue weighted by Crippen LogP contribution is 2.25. The minimum Gasteiger partial charge on any atom is -0.489 e. The molecule has 0 bridgehead atoms. The van der Waals surface area contributed by atoms with Crippen LogP contribution in [0.2, 0.25) is 10.0 Å². The minimum atomic E-state index is -5.08. The zero-order chi connectivity index (χ0) is 40.0. The highest BCUT2D eigenvalue weighted by atomic mass is 35.5. The molecule has 0 fully saturated rings. The van der Waals surface area contributed by atoms with E-state index >= 15 is 0 Å². The van der Waals surface area contributed by atoms with Gasteiger partial charge in [-0.15, -0.1) is 0 Å². The SMILES string of the molecule is NC(N)=NCc1ccc(CNC(=O)[C@H](NC(=O)c2ccc(Oc3ccccc3)cc2)c2ccc(OCc3ccc(Cl)c(Cl)c3)cc2)cc1.O=C(O)C(F)(F)F. The minimum absolute atomic E-state index is 0.0157. The molecule has 11 nitrogen and oxygen atoms in total. The van der Waals surface area contributed by atoms with Crippen LogP contribution in [0.25, 0.3) is 0 Å². The van der Waals surface area contributed by atoms with Gasteiger partial charge in [-0.25, -0.2) is 9.79 Å². The van der Waals surface area contributed by atoms with Crippen LogP contribution in [0.5, 0.6) is 17.2 Å². The van der Waals surface area contributed by atoms with Crippen molar-refractivity contribution < 1.29 is 42.1 Å². The normalized spacial score (nSPS) is 11.2. The largest absolute Gasteiger partial charge is 0.490 e. The van der Waals surface area contributed by atoms with E-state index in [9.17, 15) is 22.8 Å². The van der Waals surface area contributed by atoms with E-state index in [2.05, 4.69) is 15.6 Å². The van der Waals surface area contributed by atoms with E-state index in [1.165, 1.54) is 0 Å². The quantitative estimate of drug-likeness (QED) is 0.0599. The number of hydrogen-bond donors (Lipinski definition) is 5. The van der Waals surface area contributed by atoms with Gasteiger partial charge in [0.25, 0.3) is 5.91 Å². The zero-order valence-electron chi connectivity index (χ0n) is 28.7. The smallest absolute Gasteiger partial charge is 0.489 e. The van der Waals surface area contributed by atoms with Crippen LogP contribution in [-0.4, -0.2) is 35.0 Å². The van der Waals surface area contributed by atoms with Gasteiger partial charge in [0.05, 0.1) is 16.6 Å². The fraction of sp³-hybridized carbons (Fsp3) is 0.128. The molecule has 0 spiro atoms. The highest BCUT2D eigenvalue weighted by Gasteiger charge is 2.38. The van der Waals surface area contributed by atoms with Crippen molar-refractivity contribution in [3.8, 4) is 17.2 Å². The monoisotopic (exact) mass is 795 g/mol. The highest BCUT2D eigenvalue weighted by molar-refractivity contribution is 6.42. The van der Waals surface area contributed by atoms with Crippen LogP contribution in [0.3, 0.4) is 0 Å². The lowest BCUT2D eigenvalue weighted by Gasteiger charge is -2.20. The number of aliphatic carboxylic acids is 1. The second-order valence-electron chi connectivity index (χ2n) is 11.5. The Bertz CT molecular complexity index is 2080. The van der Waals surface area contributed by atoms with Crippen LogP contribution >= 0.6 is 23.2 Å². The van der Waals surface area contributed by atoms with Gasteiger partial charge in [-0.05, 0) is 82.9 Å². The number of ether oxygens (including phenoxy) is 2. The van der Waals surface area contributed by atoms with Gasteiger partial charge in [0.15, 0.2) is 5.96 Å². The number of guanidine groups is 1. The lowest BCUT2D eigenvalue weighted by Crippen LogP contribution is -2.40. The molecule has 55 heavy (non-hydrogen) atoms. The summed E-state index contributed by atoms with van der Waals surface area (Å²) >= 11 is 12.1. The van der Waals surface area contributed by atoms with Crippen molar-refractivity contribution in [3.63, 3.8) is 0 Å². The number of carboxylic acids is 1. The van der Waals surface area contributed by atoms with Gasteiger partial charge in [0.1, 0.15) is 29.9 Å². The third kappa shape index (κ3) is 13.6. The maximum atomic E-state index is 13.6. The summed E-state index contributed by atoms with van der Waals surface area (Å²) in [6.45, 7) is 0.866. The number of carboxylic acid groups (broad SMARTS) is 1. The first-order chi connectivity index (χ1) is 26.2. The molecular weight excluding hydrogens is 762 g/mol. The molecule has 16 heteroatoms. The predicted octanol–water partition coefficient (Wildman–Crippen LogP) is 7.56. The summed E-state index contributed by atoms with van der Waals surface area (Å²) in [5.41, 5.74) is 14.4. The lowest BCUT2D eigenvalue weighted by molar-refractivity contribution is -0.192. The van der Waals surface area contributed by atoms with Crippen LogP contribution in [-0.2, 0) is 29.3 Å². The standard InChI is InChI=1S/C37H33Cl2N5O4.C2HF3O2/c38-32-19-10-26(20-33(32)39)23-47-29-15-11-27(12-16-29)34(36(46)42-21-24-6-8-25(9-7-24)22-43-37(40)41)44-35(45)28-13-17-31(18-14-28)48-30-4-2-1-3-5-30;3-2(4,5)1(6)7/h1-20,34H,21-23H2,(H,42,46)(H,44,45)(H4,40,41,43);(H,6,7)/t34-;/m1./s1. The number of carbonyl (C=O) groups excluding carboxylic acids is 2. The number of amides is 2. The number of halogens is 5. The van der Waals surface area contributed by atoms with Crippen molar-refractivity contribution in [3.05, 3.63) is 159 Å². The molecule has 0 radical (unpaired) electrons. The van der Waals surface area contributed by atoms with Crippen molar-refractivity contribution in [1.82, 2.24) is 10.6 Å². The molecule has 5 aromatic carbocycles. The summed E-state index contributed by atoms with van der Waals surface area (Å²) in [5.74, 6) is -1.72. The van der Waals surface area contributed by atoms with Gasteiger partial charge in [-0.3, -0.25) is 9.59 Å². The number of benzene rings is 5. The average Bonchev–Trinajstić information content (AvgIpc) is 3.17. The Hall–Kier alpha value is -6.25. The zero-order valence-corrected chi connectivity index (χ0v) is 30.2. The topological polar surface area (TPSA) is 178 Å². The molecule has 1 atom stereocenters. The number of aliphatic imine (C=N–C) groups is 1. The number of nitrogens with two attached hydrogens (primary N) is 2. The second kappa shape index (κ2) is 19.7. The van der Waals surface area contributed by atoms with E-state index in [0.717, 1.165) is 16.7 Å². The summed E-state index contributed by atoms with van der Waals surface area (Å²) in [6, 6.07) is 34.8. The molecule has 0 saturated heterocycles. The summed E-state index contributed by atoms with van der Waals surface area (Å²) in [4.78, 5) is 39.9. The first-order valence-corrected chi connectivity index (χ1v) is 16.9. The Morgan fingerprint density at radius 1 is 0.745 bits per heavy atom. The second-order valence-corrected chi connectivity index (χ2v) is 12.3. The first-order valence-electron chi connectivity index (χ1n) is 16.2. The van der Waals surface area contributed by atoms with Crippen LogP contribution < -0.4 is 31.6 Å². The third-order valence-electron chi connectivity index (χ3n) is 7.41. The molecule has 0 heterocycles. The molecule has 0 aliphatic carbocycles. The molecule has 0 aliphatic rings. The fourth-order valence-electron chi connectivity index (χ4n) is 4.60. The molecule has 0 saturated carbocycles. The van der Waals surface area contributed by atoms with Gasteiger partial charge in [-0.1, -0.05) is 83.9 Å². The summed E-state index contributed by atoms with van der Waals surface area (Å²) in [5, 5.41) is 13.9. The molecule has 2 amide bonds. The first kappa shape index (κ1) is 41.5.